The van der Waals surface area contributed by atoms with Gasteiger partial charge in [0, 0.05) is 20.1 Å². The average Bonchev–Trinajstić information content (AvgIpc) is 2.32. The maximum Gasteiger partial charge on any atom is 0.326 e. The summed E-state index contributed by atoms with van der Waals surface area (Å²) in [4.78, 5) is 25.3. The Balaban J connectivity index is 4.65. The predicted octanol–water partition coefficient (Wildman–Crippen LogP) is 0.993. The molecule has 0 aliphatic heterocycles. The molecule has 2 unspecified atom stereocenters. The molecule has 1 N–H and O–H groups in total. The van der Waals surface area contributed by atoms with Crippen LogP contribution in [-0.2, 0) is 4.79 Å². The number of carboxylic acids is 1. The van der Waals surface area contributed by atoms with Crippen LogP contribution in [-0.4, -0.2) is 53.1 Å². The van der Waals surface area contributed by atoms with Crippen LogP contribution < -0.4 is 0 Å². The van der Waals surface area contributed by atoms with Crippen LogP contribution >= 0.6 is 0 Å². The highest BCUT2D eigenvalue weighted by molar-refractivity contribution is 5.82. The van der Waals surface area contributed by atoms with Crippen molar-refractivity contribution in [2.24, 2.45) is 5.92 Å². The maximum atomic E-state index is 12.0. The maximum absolute atomic E-state index is 12.0. The van der Waals surface area contributed by atoms with Gasteiger partial charge >= 0.3 is 12.0 Å². The third-order valence-corrected chi connectivity index (χ3v) is 2.61. The van der Waals surface area contributed by atoms with E-state index in [0.717, 1.165) is 4.90 Å². The fraction of sp³-hybridized carbons (Fsp3) is 0.727. The summed E-state index contributed by atoms with van der Waals surface area (Å²) < 4.78 is 0. The third kappa shape index (κ3) is 4.31. The number of hydrogen-bond acceptors (Lipinski definition) is 3. The molecular formula is C11H19N3O3. The SMILES string of the molecule is CCN(CC(C)C#N)C(=O)N(C)C(C)C(=O)O. The molecule has 0 aromatic rings. The zero-order chi connectivity index (χ0) is 13.6. The Morgan fingerprint density at radius 3 is 2.29 bits per heavy atom. The van der Waals surface area contributed by atoms with Gasteiger partial charge in [0.25, 0.3) is 0 Å². The van der Waals surface area contributed by atoms with E-state index in [1.165, 1.54) is 18.9 Å². The molecule has 0 saturated carbocycles. The Morgan fingerprint density at radius 2 is 1.94 bits per heavy atom. The molecule has 0 aliphatic carbocycles. The van der Waals surface area contributed by atoms with Crippen molar-refractivity contribution in [3.8, 4) is 6.07 Å². The molecule has 96 valence electrons. The van der Waals surface area contributed by atoms with Gasteiger partial charge < -0.3 is 14.9 Å². The number of urea groups is 1. The first-order valence-electron chi connectivity index (χ1n) is 5.49. The first kappa shape index (κ1) is 15.2. The molecule has 2 amide bonds. The second-order valence-electron chi connectivity index (χ2n) is 3.98. The van der Waals surface area contributed by atoms with Crippen LogP contribution in [0.4, 0.5) is 4.79 Å². The van der Waals surface area contributed by atoms with Crippen LogP contribution in [0.3, 0.4) is 0 Å². The van der Waals surface area contributed by atoms with Gasteiger partial charge in [0.05, 0.1) is 12.0 Å². The van der Waals surface area contributed by atoms with Gasteiger partial charge in [-0.25, -0.2) is 9.59 Å². The van der Waals surface area contributed by atoms with Crippen molar-refractivity contribution < 1.29 is 14.7 Å². The lowest BCUT2D eigenvalue weighted by Crippen LogP contribution is -2.48. The highest BCUT2D eigenvalue weighted by atomic mass is 16.4. The van der Waals surface area contributed by atoms with Crippen molar-refractivity contribution in [1.29, 1.82) is 5.26 Å². The Kier molecular flexibility index (Phi) is 6.03. The average molecular weight is 241 g/mol. The highest BCUT2D eigenvalue weighted by Gasteiger charge is 2.25. The molecule has 17 heavy (non-hydrogen) atoms. The number of carboxylic acid groups (broad SMARTS) is 1. The summed E-state index contributed by atoms with van der Waals surface area (Å²) in [5.41, 5.74) is 0. The van der Waals surface area contributed by atoms with E-state index < -0.39 is 12.0 Å². The number of nitriles is 1. The van der Waals surface area contributed by atoms with Crippen LogP contribution in [0.2, 0.25) is 0 Å². The van der Waals surface area contributed by atoms with Crippen molar-refractivity contribution in [3.05, 3.63) is 0 Å². The number of hydrogen-bond donors (Lipinski definition) is 1. The lowest BCUT2D eigenvalue weighted by atomic mass is 10.2. The minimum absolute atomic E-state index is 0.271. The van der Waals surface area contributed by atoms with Crippen LogP contribution in [0.25, 0.3) is 0 Å². The van der Waals surface area contributed by atoms with Crippen LogP contribution in [0, 0.1) is 17.2 Å². The molecule has 0 fully saturated rings. The first-order valence-corrected chi connectivity index (χ1v) is 5.49. The van der Waals surface area contributed by atoms with Gasteiger partial charge in [-0.15, -0.1) is 0 Å². The summed E-state index contributed by atoms with van der Waals surface area (Å²) >= 11 is 0. The normalized spacial score (nSPS) is 13.4. The smallest absolute Gasteiger partial charge is 0.326 e. The van der Waals surface area contributed by atoms with Gasteiger partial charge in [0.15, 0.2) is 0 Å². The van der Waals surface area contributed by atoms with Gasteiger partial charge in [-0.2, -0.15) is 5.26 Å². The van der Waals surface area contributed by atoms with Gasteiger partial charge in [-0.3, -0.25) is 0 Å². The Hall–Kier alpha value is -1.77. The van der Waals surface area contributed by atoms with Crippen molar-refractivity contribution in [2.75, 3.05) is 20.1 Å². The number of carbonyl (C=O) groups is 2. The molecule has 0 heterocycles. The molecule has 0 saturated heterocycles. The van der Waals surface area contributed by atoms with Crippen molar-refractivity contribution in [3.63, 3.8) is 0 Å². The van der Waals surface area contributed by atoms with Crippen LogP contribution in [0.1, 0.15) is 20.8 Å². The molecule has 0 aromatic heterocycles. The predicted molar refractivity (Wildman–Crippen MR) is 62.3 cm³/mol. The van der Waals surface area contributed by atoms with Crippen molar-refractivity contribution in [2.45, 2.75) is 26.8 Å². The molecule has 0 aromatic carbocycles. The molecule has 0 bridgehead atoms. The van der Waals surface area contributed by atoms with Gasteiger partial charge in [-0.05, 0) is 20.8 Å². The Morgan fingerprint density at radius 1 is 1.41 bits per heavy atom. The number of amides is 2. The quantitative estimate of drug-likeness (QED) is 0.778. The minimum Gasteiger partial charge on any atom is -0.480 e. The molecule has 0 rings (SSSR count). The van der Waals surface area contributed by atoms with E-state index >= 15 is 0 Å². The third-order valence-electron chi connectivity index (χ3n) is 2.61. The zero-order valence-corrected chi connectivity index (χ0v) is 10.7. The first-order chi connectivity index (χ1) is 7.84. The van der Waals surface area contributed by atoms with E-state index in [2.05, 4.69) is 0 Å². The molecule has 0 radical (unpaired) electrons. The molecule has 0 aliphatic rings. The topological polar surface area (TPSA) is 84.6 Å². The minimum atomic E-state index is -1.05. The van der Waals surface area contributed by atoms with E-state index in [1.54, 1.807) is 13.8 Å². The van der Waals surface area contributed by atoms with E-state index in [9.17, 15) is 9.59 Å². The summed E-state index contributed by atoms with van der Waals surface area (Å²) in [6, 6.07) is 0.795. The molecule has 0 spiro atoms. The van der Waals surface area contributed by atoms with E-state index in [0.29, 0.717) is 13.1 Å². The summed E-state index contributed by atoms with van der Waals surface area (Å²) in [6.07, 6.45) is 0. The number of rotatable bonds is 5. The fourth-order valence-electron chi connectivity index (χ4n) is 1.27. The second kappa shape index (κ2) is 6.74. The molecule has 2 atom stereocenters. The van der Waals surface area contributed by atoms with E-state index in [-0.39, 0.29) is 11.9 Å². The summed E-state index contributed by atoms with van der Waals surface area (Å²) in [7, 11) is 1.45. The van der Waals surface area contributed by atoms with Gasteiger partial charge in [0.2, 0.25) is 0 Å². The highest BCUT2D eigenvalue weighted by Crippen LogP contribution is 2.05. The Bertz CT molecular complexity index is 324. The lowest BCUT2D eigenvalue weighted by Gasteiger charge is -2.30. The van der Waals surface area contributed by atoms with Crippen molar-refractivity contribution in [1.82, 2.24) is 9.80 Å². The second-order valence-corrected chi connectivity index (χ2v) is 3.98. The molecular weight excluding hydrogens is 222 g/mol. The standard InChI is InChI=1S/C11H19N3O3/c1-5-14(7-8(2)6-12)11(17)13(4)9(3)10(15)16/h8-9H,5,7H2,1-4H3,(H,15,16). The fourth-order valence-corrected chi connectivity index (χ4v) is 1.27. The zero-order valence-electron chi connectivity index (χ0n) is 10.7. The number of nitrogens with zero attached hydrogens (tertiary/aromatic N) is 3. The van der Waals surface area contributed by atoms with Crippen molar-refractivity contribution >= 4 is 12.0 Å². The summed E-state index contributed by atoms with van der Waals surface area (Å²) in [6.45, 7) is 5.71. The molecule has 6 nitrogen and oxygen atoms in total. The summed E-state index contributed by atoms with van der Waals surface area (Å²) in [5.74, 6) is -1.32. The van der Waals surface area contributed by atoms with Crippen LogP contribution in [0.5, 0.6) is 0 Å². The van der Waals surface area contributed by atoms with Gasteiger partial charge in [-0.1, -0.05) is 0 Å². The van der Waals surface area contributed by atoms with Gasteiger partial charge in [0.1, 0.15) is 6.04 Å². The largest absolute Gasteiger partial charge is 0.480 e. The number of carbonyl (C=O) groups excluding carboxylic acids is 1. The van der Waals surface area contributed by atoms with Crippen LogP contribution in [0.15, 0.2) is 0 Å². The number of aliphatic carboxylic acids is 1. The lowest BCUT2D eigenvalue weighted by molar-refractivity contribution is -0.141. The van der Waals surface area contributed by atoms with E-state index in [4.69, 9.17) is 10.4 Å². The van der Waals surface area contributed by atoms with E-state index in [1.807, 2.05) is 6.07 Å². The summed E-state index contributed by atoms with van der Waals surface area (Å²) in [5, 5.41) is 17.5. The molecule has 6 heteroatoms. The monoisotopic (exact) mass is 241 g/mol. The Labute approximate surface area is 101 Å². The number of likely N-dealkylation sites (N-methyl/N-ethyl adjacent to an activating group) is 1.